The van der Waals surface area contributed by atoms with Crippen LogP contribution in [0.3, 0.4) is 0 Å². The van der Waals surface area contributed by atoms with Gasteiger partial charge in [-0.2, -0.15) is 0 Å². The average Bonchev–Trinajstić information content (AvgIpc) is 3.29. The van der Waals surface area contributed by atoms with Crippen molar-refractivity contribution < 1.29 is 9.52 Å². The van der Waals surface area contributed by atoms with Crippen LogP contribution in [-0.4, -0.2) is 33.4 Å². The number of nitrogens with zero attached hydrogens (tertiary/aromatic N) is 3. The molecule has 0 saturated carbocycles. The number of hydrogen-bond acceptors (Lipinski definition) is 5. The molecule has 3 aromatic rings. The third kappa shape index (κ3) is 3.28. The zero-order valence-corrected chi connectivity index (χ0v) is 14.9. The Kier molecular flexibility index (Phi) is 4.82. The number of aliphatic hydroxyl groups is 1. The van der Waals surface area contributed by atoms with Crippen molar-refractivity contribution in [3.8, 4) is 11.5 Å². The first-order valence-corrected chi connectivity index (χ1v) is 9.07. The van der Waals surface area contributed by atoms with Crippen LogP contribution in [0.4, 0.5) is 0 Å². The summed E-state index contributed by atoms with van der Waals surface area (Å²) < 4.78 is 5.93. The molecule has 1 heterocycles. The monoisotopic (exact) mass is 349 g/mol. The van der Waals surface area contributed by atoms with Crippen molar-refractivity contribution >= 4 is 0 Å². The molecule has 1 aliphatic carbocycles. The van der Waals surface area contributed by atoms with Crippen LogP contribution >= 0.6 is 0 Å². The van der Waals surface area contributed by atoms with E-state index in [1.165, 1.54) is 11.1 Å². The zero-order valence-electron chi connectivity index (χ0n) is 14.9. The van der Waals surface area contributed by atoms with E-state index in [2.05, 4.69) is 39.4 Å². The highest BCUT2D eigenvalue weighted by molar-refractivity contribution is 5.57. The summed E-state index contributed by atoms with van der Waals surface area (Å²) >= 11 is 0. The molecule has 1 aromatic heterocycles. The van der Waals surface area contributed by atoms with Gasteiger partial charge in [-0.25, -0.2) is 0 Å². The number of hydrogen-bond donors (Lipinski definition) is 1. The fraction of sp³-hybridized carbons (Fsp3) is 0.333. The molecule has 1 unspecified atom stereocenters. The molecule has 0 aliphatic heterocycles. The quantitative estimate of drug-likeness (QED) is 0.738. The van der Waals surface area contributed by atoms with E-state index in [4.69, 9.17) is 4.42 Å². The van der Waals surface area contributed by atoms with Gasteiger partial charge in [0.1, 0.15) is 0 Å². The molecule has 5 heteroatoms. The van der Waals surface area contributed by atoms with Crippen molar-refractivity contribution in [1.29, 1.82) is 0 Å². The van der Waals surface area contributed by atoms with Crippen molar-refractivity contribution in [2.45, 2.75) is 32.4 Å². The maximum absolute atomic E-state index is 9.53. The van der Waals surface area contributed by atoms with Crippen LogP contribution in [-0.2, 0) is 13.0 Å². The van der Waals surface area contributed by atoms with Crippen LogP contribution in [0.15, 0.2) is 52.9 Å². The van der Waals surface area contributed by atoms with Crippen LogP contribution in [0.1, 0.15) is 35.0 Å². The summed E-state index contributed by atoms with van der Waals surface area (Å²) in [7, 11) is 0. The van der Waals surface area contributed by atoms with Crippen molar-refractivity contribution in [2.75, 3.05) is 13.2 Å². The highest BCUT2D eigenvalue weighted by Gasteiger charge is 2.28. The fourth-order valence-electron chi connectivity index (χ4n) is 3.80. The van der Waals surface area contributed by atoms with Crippen molar-refractivity contribution in [1.82, 2.24) is 15.1 Å². The molecule has 0 saturated heterocycles. The van der Waals surface area contributed by atoms with Gasteiger partial charge in [-0.1, -0.05) is 42.5 Å². The van der Waals surface area contributed by atoms with E-state index in [0.29, 0.717) is 24.9 Å². The standard InChI is InChI=1S/C21H23N3O2/c1-15-6-2-4-8-17(15)21-23-22-20(26-21)14-24(12-13-25)19-11-10-16-7-3-5-9-18(16)19/h2-9,19,25H,10-14H2,1H3. The third-order valence-corrected chi connectivity index (χ3v) is 5.11. The van der Waals surface area contributed by atoms with Crippen molar-refractivity contribution in [3.63, 3.8) is 0 Å². The van der Waals surface area contributed by atoms with Gasteiger partial charge in [0.05, 0.1) is 13.2 Å². The lowest BCUT2D eigenvalue weighted by Crippen LogP contribution is -2.30. The minimum absolute atomic E-state index is 0.109. The first-order chi connectivity index (χ1) is 12.8. The van der Waals surface area contributed by atoms with Crippen LogP contribution in [0.25, 0.3) is 11.5 Å². The molecule has 0 fully saturated rings. The highest BCUT2D eigenvalue weighted by Crippen LogP contribution is 2.36. The Balaban J connectivity index is 1.56. The van der Waals surface area contributed by atoms with Gasteiger partial charge in [-0.15, -0.1) is 10.2 Å². The van der Waals surface area contributed by atoms with Crippen LogP contribution in [0.5, 0.6) is 0 Å². The second-order valence-electron chi connectivity index (χ2n) is 6.76. The van der Waals surface area contributed by atoms with Crippen LogP contribution in [0, 0.1) is 6.92 Å². The SMILES string of the molecule is Cc1ccccc1-c1nnc(CN(CCO)C2CCc3ccccc32)o1. The maximum atomic E-state index is 9.53. The molecule has 1 N–H and O–H groups in total. The van der Waals surface area contributed by atoms with E-state index >= 15 is 0 Å². The van der Waals surface area contributed by atoms with Gasteiger partial charge in [0.2, 0.25) is 11.8 Å². The summed E-state index contributed by atoms with van der Waals surface area (Å²) in [5.41, 5.74) is 4.82. The normalized spacial score (nSPS) is 16.2. The number of benzene rings is 2. The van der Waals surface area contributed by atoms with Gasteiger partial charge in [0.15, 0.2) is 0 Å². The summed E-state index contributed by atoms with van der Waals surface area (Å²) in [4.78, 5) is 2.24. The minimum atomic E-state index is 0.109. The number of rotatable bonds is 6. The molecular weight excluding hydrogens is 326 g/mol. The predicted octanol–water partition coefficient (Wildman–Crippen LogP) is 3.53. The van der Waals surface area contributed by atoms with E-state index in [9.17, 15) is 5.11 Å². The zero-order chi connectivity index (χ0) is 17.9. The van der Waals surface area contributed by atoms with Gasteiger partial charge in [-0.3, -0.25) is 4.90 Å². The number of aliphatic hydroxyl groups excluding tert-OH is 1. The predicted molar refractivity (Wildman–Crippen MR) is 99.5 cm³/mol. The summed E-state index contributed by atoms with van der Waals surface area (Å²) in [6, 6.07) is 16.8. The molecule has 0 radical (unpaired) electrons. The minimum Gasteiger partial charge on any atom is -0.419 e. The Morgan fingerprint density at radius 2 is 1.92 bits per heavy atom. The number of fused-ring (bicyclic) bond motifs is 1. The summed E-state index contributed by atoms with van der Waals surface area (Å²) in [5, 5.41) is 18.0. The lowest BCUT2D eigenvalue weighted by atomic mass is 10.1. The molecule has 1 atom stereocenters. The van der Waals surface area contributed by atoms with E-state index in [1.807, 2.05) is 31.2 Å². The fourth-order valence-corrected chi connectivity index (χ4v) is 3.80. The Labute approximate surface area is 153 Å². The molecular formula is C21H23N3O2. The topological polar surface area (TPSA) is 62.4 Å². The van der Waals surface area contributed by atoms with Crippen LogP contribution in [0.2, 0.25) is 0 Å². The Morgan fingerprint density at radius 3 is 2.77 bits per heavy atom. The number of aryl methyl sites for hydroxylation is 2. The second kappa shape index (κ2) is 7.40. The molecule has 0 amide bonds. The molecule has 0 spiro atoms. The van der Waals surface area contributed by atoms with Crippen molar-refractivity contribution in [2.24, 2.45) is 0 Å². The van der Waals surface area contributed by atoms with E-state index in [1.54, 1.807) is 0 Å². The first kappa shape index (κ1) is 16.9. The first-order valence-electron chi connectivity index (χ1n) is 9.07. The van der Waals surface area contributed by atoms with E-state index in [0.717, 1.165) is 24.0 Å². The molecule has 26 heavy (non-hydrogen) atoms. The Bertz CT molecular complexity index is 890. The van der Waals surface area contributed by atoms with E-state index < -0.39 is 0 Å². The number of aromatic nitrogens is 2. The lowest BCUT2D eigenvalue weighted by Gasteiger charge is -2.27. The summed E-state index contributed by atoms with van der Waals surface area (Å²) in [6.45, 7) is 3.27. The molecule has 0 bridgehead atoms. The second-order valence-corrected chi connectivity index (χ2v) is 6.76. The van der Waals surface area contributed by atoms with Gasteiger partial charge in [0, 0.05) is 18.2 Å². The van der Waals surface area contributed by atoms with Gasteiger partial charge < -0.3 is 9.52 Å². The summed E-state index contributed by atoms with van der Waals surface area (Å²) in [5.74, 6) is 1.13. The molecule has 5 nitrogen and oxygen atoms in total. The average molecular weight is 349 g/mol. The third-order valence-electron chi connectivity index (χ3n) is 5.11. The Morgan fingerprint density at radius 1 is 1.12 bits per heavy atom. The highest BCUT2D eigenvalue weighted by atomic mass is 16.4. The van der Waals surface area contributed by atoms with Gasteiger partial charge >= 0.3 is 0 Å². The largest absolute Gasteiger partial charge is 0.419 e. The lowest BCUT2D eigenvalue weighted by molar-refractivity contribution is 0.132. The molecule has 4 rings (SSSR count). The van der Waals surface area contributed by atoms with Crippen molar-refractivity contribution in [3.05, 3.63) is 71.1 Å². The maximum Gasteiger partial charge on any atom is 0.248 e. The molecule has 1 aliphatic rings. The van der Waals surface area contributed by atoms with Gasteiger partial charge in [-0.05, 0) is 42.5 Å². The summed E-state index contributed by atoms with van der Waals surface area (Å²) in [6.07, 6.45) is 2.12. The van der Waals surface area contributed by atoms with Crippen LogP contribution < -0.4 is 0 Å². The molecule has 134 valence electrons. The van der Waals surface area contributed by atoms with E-state index in [-0.39, 0.29) is 12.6 Å². The molecule has 2 aromatic carbocycles. The smallest absolute Gasteiger partial charge is 0.248 e. The van der Waals surface area contributed by atoms with Gasteiger partial charge in [0.25, 0.3) is 0 Å². The Hall–Kier alpha value is -2.50.